The molecule has 0 aliphatic heterocycles. The van der Waals surface area contributed by atoms with Gasteiger partial charge in [0.15, 0.2) is 5.78 Å². The monoisotopic (exact) mass is 168 g/mol. The zero-order valence-corrected chi connectivity index (χ0v) is 6.54. The van der Waals surface area contributed by atoms with Gasteiger partial charge in [-0.1, -0.05) is 0 Å². The second-order valence-electron chi connectivity index (χ2n) is 1.85. The number of phosphoric acid groups is 1. The number of Topliss-reactive ketones (excluding diaryl/α,β-unsaturated/α-hetero) is 1. The first-order valence-electron chi connectivity index (χ1n) is 2.57. The van der Waals surface area contributed by atoms with Gasteiger partial charge in [0.2, 0.25) is 0 Å². The molecule has 0 aliphatic carbocycles. The van der Waals surface area contributed by atoms with E-state index in [4.69, 9.17) is 9.79 Å². The van der Waals surface area contributed by atoms with E-state index in [9.17, 15) is 9.36 Å². The van der Waals surface area contributed by atoms with Crippen molar-refractivity contribution in [2.24, 2.45) is 0 Å². The van der Waals surface area contributed by atoms with Gasteiger partial charge in [0.25, 0.3) is 0 Å². The van der Waals surface area contributed by atoms with E-state index in [2.05, 4.69) is 4.52 Å². The van der Waals surface area contributed by atoms with Crippen LogP contribution in [0, 0.1) is 0 Å². The summed E-state index contributed by atoms with van der Waals surface area (Å²) in [6.07, 6.45) is -1.04. The Labute approximate surface area is 58.2 Å². The van der Waals surface area contributed by atoms with Crippen LogP contribution in [0.4, 0.5) is 0 Å². The van der Waals surface area contributed by atoms with Crippen molar-refractivity contribution >= 4 is 13.6 Å². The average molecular weight is 168 g/mol. The van der Waals surface area contributed by atoms with Crippen molar-refractivity contribution in [3.63, 3.8) is 0 Å². The van der Waals surface area contributed by atoms with Crippen LogP contribution < -0.4 is 0 Å². The highest BCUT2D eigenvalue weighted by molar-refractivity contribution is 7.46. The van der Waals surface area contributed by atoms with Crippen LogP contribution in [0.5, 0.6) is 0 Å². The molecule has 0 aromatic rings. The molecular formula is C4H9O5P. The molecule has 5 nitrogen and oxygen atoms in total. The van der Waals surface area contributed by atoms with Gasteiger partial charge in [-0.05, 0) is 13.8 Å². The van der Waals surface area contributed by atoms with Crippen molar-refractivity contribution < 1.29 is 23.7 Å². The fraction of sp³-hybridized carbons (Fsp3) is 0.750. The van der Waals surface area contributed by atoms with Crippen molar-refractivity contribution in [1.82, 2.24) is 0 Å². The third-order valence-corrected chi connectivity index (χ3v) is 1.46. The van der Waals surface area contributed by atoms with E-state index in [1.807, 2.05) is 0 Å². The van der Waals surface area contributed by atoms with Crippen LogP contribution in [0.15, 0.2) is 0 Å². The zero-order chi connectivity index (χ0) is 8.36. The minimum absolute atomic E-state index is 0.414. The molecule has 0 aromatic heterocycles. The van der Waals surface area contributed by atoms with Gasteiger partial charge in [-0.25, -0.2) is 4.57 Å². The molecule has 60 valence electrons. The highest BCUT2D eigenvalue weighted by Crippen LogP contribution is 2.37. The Morgan fingerprint density at radius 3 is 2.10 bits per heavy atom. The summed E-state index contributed by atoms with van der Waals surface area (Å²) in [5.74, 6) is -0.414. The van der Waals surface area contributed by atoms with Gasteiger partial charge in [-0.3, -0.25) is 9.32 Å². The maximum Gasteiger partial charge on any atom is 0.470 e. The summed E-state index contributed by atoms with van der Waals surface area (Å²) < 4.78 is 14.1. The largest absolute Gasteiger partial charge is 0.470 e. The summed E-state index contributed by atoms with van der Waals surface area (Å²) in [5.41, 5.74) is 0. The van der Waals surface area contributed by atoms with Crippen molar-refractivity contribution in [2.75, 3.05) is 0 Å². The van der Waals surface area contributed by atoms with Gasteiger partial charge in [0, 0.05) is 0 Å². The third-order valence-electron chi connectivity index (χ3n) is 0.868. The van der Waals surface area contributed by atoms with E-state index in [1.54, 1.807) is 0 Å². The topological polar surface area (TPSA) is 83.8 Å². The smallest absolute Gasteiger partial charge is 0.303 e. The standard InChI is InChI=1S/C4H9O5P/c1-3(5)4(2)9-10(6,7)8/h4H,1-2H3,(H2,6,7,8). The first kappa shape index (κ1) is 9.78. The Balaban J connectivity index is 3.93. The molecule has 0 rings (SSSR count). The average Bonchev–Trinajstić information content (AvgIpc) is 1.60. The Hall–Kier alpha value is -0.220. The first-order chi connectivity index (χ1) is 4.33. The summed E-state index contributed by atoms with van der Waals surface area (Å²) in [4.78, 5) is 26.7. The Bertz CT molecular complexity index is 170. The number of carbonyl (C=O) groups is 1. The van der Waals surface area contributed by atoms with Gasteiger partial charge < -0.3 is 9.79 Å². The van der Waals surface area contributed by atoms with Gasteiger partial charge in [0.05, 0.1) is 0 Å². The van der Waals surface area contributed by atoms with Crippen LogP contribution in [0.1, 0.15) is 13.8 Å². The highest BCUT2D eigenvalue weighted by Gasteiger charge is 2.21. The van der Waals surface area contributed by atoms with Crippen LogP contribution in [-0.4, -0.2) is 21.7 Å². The molecule has 10 heavy (non-hydrogen) atoms. The minimum Gasteiger partial charge on any atom is -0.303 e. The molecule has 0 saturated carbocycles. The quantitative estimate of drug-likeness (QED) is 0.582. The van der Waals surface area contributed by atoms with Crippen LogP contribution in [0.25, 0.3) is 0 Å². The van der Waals surface area contributed by atoms with E-state index >= 15 is 0 Å². The third kappa shape index (κ3) is 4.64. The lowest BCUT2D eigenvalue weighted by molar-refractivity contribution is -0.123. The van der Waals surface area contributed by atoms with E-state index in [-0.39, 0.29) is 0 Å². The maximum atomic E-state index is 10.4. The maximum absolute atomic E-state index is 10.4. The predicted octanol–water partition coefficient (Wildman–Crippen LogP) is 0.0732. The van der Waals surface area contributed by atoms with Gasteiger partial charge >= 0.3 is 7.82 Å². The van der Waals surface area contributed by atoms with Crippen LogP contribution >= 0.6 is 7.82 Å². The number of hydrogen-bond donors (Lipinski definition) is 2. The van der Waals surface area contributed by atoms with Crippen molar-refractivity contribution in [2.45, 2.75) is 20.0 Å². The number of hydrogen-bond acceptors (Lipinski definition) is 3. The summed E-state index contributed by atoms with van der Waals surface area (Å²) in [7, 11) is -4.50. The van der Waals surface area contributed by atoms with Crippen LogP contribution in [-0.2, 0) is 13.9 Å². The van der Waals surface area contributed by atoms with Crippen molar-refractivity contribution in [3.8, 4) is 0 Å². The van der Waals surface area contributed by atoms with Gasteiger partial charge in [-0.15, -0.1) is 0 Å². The molecule has 0 amide bonds. The molecule has 0 heterocycles. The first-order valence-corrected chi connectivity index (χ1v) is 4.10. The van der Waals surface area contributed by atoms with E-state index in [1.165, 1.54) is 13.8 Å². The summed E-state index contributed by atoms with van der Waals surface area (Å²) >= 11 is 0. The molecule has 1 unspecified atom stereocenters. The summed E-state index contributed by atoms with van der Waals surface area (Å²) in [5, 5.41) is 0. The number of rotatable bonds is 3. The number of ketones is 1. The molecule has 0 fully saturated rings. The zero-order valence-electron chi connectivity index (χ0n) is 5.64. The molecular weight excluding hydrogens is 159 g/mol. The number of phosphoric ester groups is 1. The molecule has 1 atom stereocenters. The lowest BCUT2D eigenvalue weighted by Gasteiger charge is -2.08. The summed E-state index contributed by atoms with van der Waals surface area (Å²) in [6.45, 7) is 2.47. The van der Waals surface area contributed by atoms with Crippen LogP contribution in [0.2, 0.25) is 0 Å². The molecule has 2 N–H and O–H groups in total. The molecule has 0 saturated heterocycles. The predicted molar refractivity (Wildman–Crippen MR) is 33.3 cm³/mol. The number of carbonyl (C=O) groups excluding carboxylic acids is 1. The second kappa shape index (κ2) is 3.25. The lowest BCUT2D eigenvalue weighted by Crippen LogP contribution is -2.15. The van der Waals surface area contributed by atoms with Crippen molar-refractivity contribution in [3.05, 3.63) is 0 Å². The Morgan fingerprint density at radius 1 is 1.60 bits per heavy atom. The van der Waals surface area contributed by atoms with Gasteiger partial charge in [0.1, 0.15) is 6.10 Å². The van der Waals surface area contributed by atoms with E-state index in [0.717, 1.165) is 0 Å². The fourth-order valence-electron chi connectivity index (χ4n) is 0.280. The normalized spacial score (nSPS) is 14.8. The second-order valence-corrected chi connectivity index (χ2v) is 3.04. The lowest BCUT2D eigenvalue weighted by atomic mass is 10.3. The SMILES string of the molecule is CC(=O)C(C)OP(=O)(O)O. The minimum atomic E-state index is -4.50. The molecule has 0 bridgehead atoms. The summed E-state index contributed by atoms with van der Waals surface area (Å²) in [6, 6.07) is 0. The molecule has 0 aliphatic rings. The van der Waals surface area contributed by atoms with Gasteiger partial charge in [-0.2, -0.15) is 0 Å². The molecule has 0 radical (unpaired) electrons. The highest BCUT2D eigenvalue weighted by atomic mass is 31.2. The fourth-order valence-corrected chi connectivity index (χ4v) is 0.841. The Kier molecular flexibility index (Phi) is 3.18. The molecule has 0 spiro atoms. The Morgan fingerprint density at radius 2 is 2.00 bits per heavy atom. The molecule has 6 heteroatoms. The van der Waals surface area contributed by atoms with E-state index < -0.39 is 19.7 Å². The van der Waals surface area contributed by atoms with E-state index in [0.29, 0.717) is 0 Å². The van der Waals surface area contributed by atoms with Crippen molar-refractivity contribution in [1.29, 1.82) is 0 Å². The molecule has 0 aromatic carbocycles. The van der Waals surface area contributed by atoms with Crippen LogP contribution in [0.3, 0.4) is 0 Å².